The summed E-state index contributed by atoms with van der Waals surface area (Å²) in [5, 5.41) is 8.54. The van der Waals surface area contributed by atoms with Crippen LogP contribution in [-0.4, -0.2) is 48.6 Å². The number of carbonyl (C=O) groups excluding carboxylic acids is 4. The summed E-state index contributed by atoms with van der Waals surface area (Å²) in [6, 6.07) is 23.0. The van der Waals surface area contributed by atoms with Crippen LogP contribution in [0.4, 0.5) is 4.79 Å². The van der Waals surface area contributed by atoms with Crippen molar-refractivity contribution < 1.29 is 28.7 Å². The zero-order valence-electron chi connectivity index (χ0n) is 29.5. The predicted octanol–water partition coefficient (Wildman–Crippen LogP) is 7.03. The average molecular weight is 682 g/mol. The number of ether oxygens (including phenoxy) is 2. The molecule has 0 aromatic heterocycles. The molecule has 2 aliphatic carbocycles. The first-order valence-electron chi connectivity index (χ1n) is 18.2. The lowest BCUT2D eigenvalue weighted by atomic mass is 9.84. The molecule has 3 amide bonds. The molecule has 3 N–H and O–H groups in total. The third-order valence-corrected chi connectivity index (χ3v) is 9.82. The van der Waals surface area contributed by atoms with Gasteiger partial charge in [0.2, 0.25) is 11.8 Å². The topological polar surface area (TPSA) is 123 Å². The van der Waals surface area contributed by atoms with Crippen molar-refractivity contribution in [1.82, 2.24) is 16.0 Å². The normalized spacial score (nSPS) is 16.0. The summed E-state index contributed by atoms with van der Waals surface area (Å²) in [4.78, 5) is 53.7. The van der Waals surface area contributed by atoms with Crippen molar-refractivity contribution >= 4 is 23.9 Å². The van der Waals surface area contributed by atoms with E-state index < -0.39 is 42.0 Å². The molecule has 1 saturated carbocycles. The molecule has 9 heteroatoms. The number of esters is 1. The highest BCUT2D eigenvalue weighted by atomic mass is 16.5. The van der Waals surface area contributed by atoms with Gasteiger partial charge in [0.1, 0.15) is 31.3 Å². The Bertz CT molecular complexity index is 1560. The molecule has 0 bridgehead atoms. The van der Waals surface area contributed by atoms with Crippen LogP contribution in [0.2, 0.25) is 0 Å². The molecule has 0 aliphatic heterocycles. The molecule has 1 unspecified atom stereocenters. The minimum absolute atomic E-state index is 0.0997. The maximum absolute atomic E-state index is 13.8. The van der Waals surface area contributed by atoms with Crippen LogP contribution in [0, 0.1) is 11.8 Å². The average Bonchev–Trinajstić information content (AvgIpc) is 3.45. The second-order valence-electron chi connectivity index (χ2n) is 14.0. The Morgan fingerprint density at radius 1 is 0.700 bits per heavy atom. The molecule has 9 nitrogen and oxygen atoms in total. The van der Waals surface area contributed by atoms with Crippen molar-refractivity contribution in [3.05, 3.63) is 95.6 Å². The van der Waals surface area contributed by atoms with Crippen molar-refractivity contribution in [2.24, 2.45) is 11.8 Å². The van der Waals surface area contributed by atoms with E-state index in [-0.39, 0.29) is 31.0 Å². The summed E-state index contributed by atoms with van der Waals surface area (Å²) in [6.45, 7) is 5.96. The van der Waals surface area contributed by atoms with Crippen LogP contribution in [0.3, 0.4) is 0 Å². The first-order valence-corrected chi connectivity index (χ1v) is 18.2. The highest BCUT2D eigenvalue weighted by Gasteiger charge is 2.33. The summed E-state index contributed by atoms with van der Waals surface area (Å²) in [5.74, 6) is -1.16. The van der Waals surface area contributed by atoms with Gasteiger partial charge < -0.3 is 25.4 Å². The van der Waals surface area contributed by atoms with Gasteiger partial charge >= 0.3 is 12.1 Å². The van der Waals surface area contributed by atoms with E-state index in [1.807, 2.05) is 68.4 Å². The van der Waals surface area contributed by atoms with Crippen LogP contribution >= 0.6 is 0 Å². The van der Waals surface area contributed by atoms with Gasteiger partial charge in [-0.3, -0.25) is 9.59 Å². The molecule has 50 heavy (non-hydrogen) atoms. The smallest absolute Gasteiger partial charge is 0.407 e. The van der Waals surface area contributed by atoms with Gasteiger partial charge in [0.05, 0.1) is 0 Å². The van der Waals surface area contributed by atoms with Crippen LogP contribution < -0.4 is 16.0 Å². The summed E-state index contributed by atoms with van der Waals surface area (Å²) in [6.07, 6.45) is 5.77. The maximum atomic E-state index is 13.8. The summed E-state index contributed by atoms with van der Waals surface area (Å²) >= 11 is 0. The highest BCUT2D eigenvalue weighted by Crippen LogP contribution is 2.44. The number of fused-ring (bicyclic) bond motifs is 3. The van der Waals surface area contributed by atoms with E-state index in [0.29, 0.717) is 19.3 Å². The molecule has 0 radical (unpaired) electrons. The van der Waals surface area contributed by atoms with E-state index >= 15 is 0 Å². The fourth-order valence-electron chi connectivity index (χ4n) is 7.18. The molecule has 266 valence electrons. The minimum atomic E-state index is -0.905. The second-order valence-corrected chi connectivity index (χ2v) is 14.0. The lowest BCUT2D eigenvalue weighted by Crippen LogP contribution is -2.56. The van der Waals surface area contributed by atoms with E-state index in [4.69, 9.17) is 9.47 Å². The molecule has 3 aromatic rings. The Morgan fingerprint density at radius 2 is 1.28 bits per heavy atom. The third-order valence-electron chi connectivity index (χ3n) is 9.82. The van der Waals surface area contributed by atoms with Gasteiger partial charge in [-0.25, -0.2) is 9.59 Å². The van der Waals surface area contributed by atoms with Crippen LogP contribution in [0.1, 0.15) is 94.7 Å². The maximum Gasteiger partial charge on any atom is 0.407 e. The van der Waals surface area contributed by atoms with Crippen molar-refractivity contribution in [3.8, 4) is 11.1 Å². The number of carbonyl (C=O) groups is 4. The number of hydrogen-bond donors (Lipinski definition) is 3. The molecule has 3 aromatic carbocycles. The fraction of sp³-hybridized carbons (Fsp3) is 0.463. The molecule has 0 heterocycles. The summed E-state index contributed by atoms with van der Waals surface area (Å²) in [7, 11) is 0. The summed E-state index contributed by atoms with van der Waals surface area (Å²) < 4.78 is 11.3. The molecular formula is C41H51N3O6. The zero-order chi connectivity index (χ0) is 35.5. The van der Waals surface area contributed by atoms with Gasteiger partial charge in [-0.15, -0.1) is 0 Å². The van der Waals surface area contributed by atoms with Crippen molar-refractivity contribution in [3.63, 3.8) is 0 Å². The van der Waals surface area contributed by atoms with Gasteiger partial charge in [0.25, 0.3) is 0 Å². The minimum Gasteiger partial charge on any atom is -0.459 e. The van der Waals surface area contributed by atoms with Gasteiger partial charge in [-0.05, 0) is 58.9 Å². The van der Waals surface area contributed by atoms with Gasteiger partial charge in [0, 0.05) is 5.92 Å². The first kappa shape index (κ1) is 36.6. The van der Waals surface area contributed by atoms with Crippen LogP contribution in [0.5, 0.6) is 0 Å². The lowest BCUT2D eigenvalue weighted by molar-refractivity contribution is -0.149. The predicted molar refractivity (Wildman–Crippen MR) is 193 cm³/mol. The van der Waals surface area contributed by atoms with E-state index in [1.165, 1.54) is 0 Å². The number of hydrogen-bond acceptors (Lipinski definition) is 6. The number of nitrogens with one attached hydrogen (secondary N) is 3. The quantitative estimate of drug-likeness (QED) is 0.148. The first-order chi connectivity index (χ1) is 24.2. The molecule has 2 aliphatic rings. The Balaban J connectivity index is 1.22. The van der Waals surface area contributed by atoms with Crippen LogP contribution in [-0.2, 0) is 30.5 Å². The molecule has 0 saturated heterocycles. The molecule has 0 spiro atoms. The zero-order valence-corrected chi connectivity index (χ0v) is 29.5. The van der Waals surface area contributed by atoms with Crippen molar-refractivity contribution in [2.45, 2.75) is 103 Å². The van der Waals surface area contributed by atoms with Crippen LogP contribution in [0.15, 0.2) is 78.9 Å². The second kappa shape index (κ2) is 17.8. The highest BCUT2D eigenvalue weighted by molar-refractivity contribution is 5.93. The van der Waals surface area contributed by atoms with E-state index in [2.05, 4.69) is 40.2 Å². The SMILES string of the molecule is CC[C@H](NC(=O)[C@H](CC1CCCCC1)NC(=O)OCC1c2ccccc2-c2ccccc21)C(=O)NC(CC(C)C)C(=O)OCc1ccccc1. The summed E-state index contributed by atoms with van der Waals surface area (Å²) in [5.41, 5.74) is 5.33. The number of amides is 3. The Hall–Kier alpha value is -4.66. The Labute approximate surface area is 295 Å². The Morgan fingerprint density at radius 3 is 1.90 bits per heavy atom. The standard InChI is InChI=1S/C41H51N3O6/c1-4-35(38(45)43-37(23-27(2)3)40(47)49-25-29-17-9-6-10-18-29)42-39(46)36(24-28-15-7-5-8-16-28)44-41(48)50-26-34-32-21-13-11-19-30(32)31-20-12-14-22-33(31)34/h6,9-14,17-22,27-28,34-37H,4-5,7-8,15-16,23-26H2,1-3H3,(H,42,46)(H,43,45)(H,44,48)/t35-,36-,37?/m0/s1. The van der Waals surface area contributed by atoms with Gasteiger partial charge in [-0.2, -0.15) is 0 Å². The van der Waals surface area contributed by atoms with E-state index in [9.17, 15) is 19.2 Å². The van der Waals surface area contributed by atoms with E-state index in [0.717, 1.165) is 59.9 Å². The van der Waals surface area contributed by atoms with Crippen LogP contribution in [0.25, 0.3) is 11.1 Å². The molecule has 5 rings (SSSR count). The van der Waals surface area contributed by atoms with Gasteiger partial charge in [-0.1, -0.05) is 132 Å². The van der Waals surface area contributed by atoms with Crippen molar-refractivity contribution in [1.29, 1.82) is 0 Å². The molecule has 3 atom stereocenters. The number of alkyl carbamates (subject to hydrolysis) is 1. The Kier molecular flexibility index (Phi) is 13.1. The lowest BCUT2D eigenvalue weighted by Gasteiger charge is -2.28. The third kappa shape index (κ3) is 9.73. The van der Waals surface area contributed by atoms with E-state index in [1.54, 1.807) is 6.92 Å². The van der Waals surface area contributed by atoms with Crippen molar-refractivity contribution in [2.75, 3.05) is 6.61 Å². The number of benzene rings is 3. The largest absolute Gasteiger partial charge is 0.459 e. The van der Waals surface area contributed by atoms with Gasteiger partial charge in [0.15, 0.2) is 0 Å². The molecular weight excluding hydrogens is 630 g/mol. The fourth-order valence-corrected chi connectivity index (χ4v) is 7.18. The number of rotatable bonds is 15. The molecule has 1 fully saturated rings. The monoisotopic (exact) mass is 681 g/mol.